The van der Waals surface area contributed by atoms with Crippen molar-refractivity contribution >= 4 is 33.0 Å². The van der Waals surface area contributed by atoms with E-state index in [-0.39, 0.29) is 21.0 Å². The quantitative estimate of drug-likeness (QED) is 0.808. The summed E-state index contributed by atoms with van der Waals surface area (Å²) in [5.41, 5.74) is 0.0949. The van der Waals surface area contributed by atoms with Crippen molar-refractivity contribution < 1.29 is 8.42 Å². The number of aromatic amines is 2. The minimum atomic E-state index is -3.28. The van der Waals surface area contributed by atoms with Crippen molar-refractivity contribution in [2.75, 3.05) is 5.75 Å². The third kappa shape index (κ3) is 2.16. The van der Waals surface area contributed by atoms with E-state index in [9.17, 15) is 13.2 Å². The molecule has 0 spiro atoms. The summed E-state index contributed by atoms with van der Waals surface area (Å²) in [5, 5.41) is 0.383. The molecule has 0 fully saturated rings. The van der Waals surface area contributed by atoms with Crippen LogP contribution in [0.5, 0.6) is 0 Å². The van der Waals surface area contributed by atoms with Crippen molar-refractivity contribution in [2.45, 2.75) is 11.8 Å². The van der Waals surface area contributed by atoms with Gasteiger partial charge in [0.05, 0.1) is 21.6 Å². The Morgan fingerprint density at radius 2 is 2.00 bits per heavy atom. The monoisotopic (exact) mass is 270 g/mol. The molecule has 0 aliphatic heterocycles. The van der Waals surface area contributed by atoms with Crippen molar-refractivity contribution in [3.63, 3.8) is 0 Å². The third-order valence-corrected chi connectivity index (χ3v) is 4.39. The molecule has 0 atom stereocenters. The number of aromatic nitrogens is 2. The van der Waals surface area contributed by atoms with Crippen LogP contribution in [-0.2, 0) is 9.84 Å². The van der Waals surface area contributed by atoms with Crippen LogP contribution in [-0.4, -0.2) is 24.1 Å². The summed E-state index contributed by atoms with van der Waals surface area (Å²) in [4.78, 5) is 16.9. The molecule has 2 rings (SSSR count). The number of fused-ring (bicyclic) bond motifs is 1. The molecule has 5 nitrogen and oxygen atoms in total. The zero-order valence-electron chi connectivity index (χ0n) is 8.98. The van der Waals surface area contributed by atoms with Crippen LogP contribution in [0.2, 0.25) is 0 Å². The minimum Gasteiger partial charge on any atom is -0.332 e. The Bertz CT molecular complexity index is 787. The first-order valence-corrected chi connectivity index (χ1v) is 6.99. The Morgan fingerprint density at radius 1 is 1.29 bits per heavy atom. The molecule has 90 valence electrons. The summed E-state index contributed by atoms with van der Waals surface area (Å²) in [6, 6.07) is 4.33. The van der Waals surface area contributed by atoms with Gasteiger partial charge in [-0.2, -0.15) is 0 Å². The highest BCUT2D eigenvalue weighted by atomic mass is 32.2. The molecule has 0 radical (unpaired) electrons. The second-order valence-corrected chi connectivity index (χ2v) is 6.21. The standard InChI is InChI=1S/C10H10N2O3S2/c1-2-17(14,15)6-3-4-7-8(5-6)11-10(16)12-9(7)13/h3-5H,2H2,1H3,(H2,11,12,13,16). The number of rotatable bonds is 2. The van der Waals surface area contributed by atoms with Gasteiger partial charge in [-0.05, 0) is 30.4 Å². The van der Waals surface area contributed by atoms with E-state index in [0.29, 0.717) is 10.9 Å². The molecule has 0 amide bonds. The van der Waals surface area contributed by atoms with Crippen LogP contribution in [0, 0.1) is 4.77 Å². The van der Waals surface area contributed by atoms with Crippen molar-refractivity contribution in [1.29, 1.82) is 0 Å². The fourth-order valence-corrected chi connectivity index (χ4v) is 2.62. The average Bonchev–Trinajstić information content (AvgIpc) is 2.28. The van der Waals surface area contributed by atoms with Gasteiger partial charge in [0.25, 0.3) is 5.56 Å². The van der Waals surface area contributed by atoms with Crippen LogP contribution in [0.4, 0.5) is 0 Å². The smallest absolute Gasteiger partial charge is 0.259 e. The summed E-state index contributed by atoms with van der Waals surface area (Å²) in [6.45, 7) is 1.57. The molecule has 2 aromatic rings. The summed E-state index contributed by atoms with van der Waals surface area (Å²) in [7, 11) is -3.28. The highest BCUT2D eigenvalue weighted by Crippen LogP contribution is 2.15. The molecule has 0 bridgehead atoms. The molecule has 2 N–H and O–H groups in total. The van der Waals surface area contributed by atoms with E-state index in [1.807, 2.05) is 0 Å². The van der Waals surface area contributed by atoms with Crippen molar-refractivity contribution in [2.24, 2.45) is 0 Å². The maximum absolute atomic E-state index is 11.7. The van der Waals surface area contributed by atoms with Crippen molar-refractivity contribution in [1.82, 2.24) is 9.97 Å². The Kier molecular flexibility index (Phi) is 2.88. The predicted molar refractivity (Wildman–Crippen MR) is 67.5 cm³/mol. The van der Waals surface area contributed by atoms with Crippen LogP contribution < -0.4 is 5.56 Å². The van der Waals surface area contributed by atoms with Crippen LogP contribution in [0.15, 0.2) is 27.9 Å². The van der Waals surface area contributed by atoms with Gasteiger partial charge in [0, 0.05) is 0 Å². The Hall–Kier alpha value is -1.47. The van der Waals surface area contributed by atoms with E-state index in [0.717, 1.165) is 0 Å². The van der Waals surface area contributed by atoms with Gasteiger partial charge in [-0.15, -0.1) is 0 Å². The molecule has 7 heteroatoms. The second-order valence-electron chi connectivity index (χ2n) is 3.52. The number of sulfone groups is 1. The third-order valence-electron chi connectivity index (χ3n) is 2.45. The molecule has 0 aliphatic rings. The highest BCUT2D eigenvalue weighted by Gasteiger charge is 2.12. The van der Waals surface area contributed by atoms with Crippen LogP contribution in [0.3, 0.4) is 0 Å². The van der Waals surface area contributed by atoms with E-state index < -0.39 is 9.84 Å². The van der Waals surface area contributed by atoms with E-state index in [2.05, 4.69) is 9.97 Å². The lowest BCUT2D eigenvalue weighted by atomic mass is 10.2. The SMILES string of the molecule is CCS(=O)(=O)c1ccc2c(=O)[nH]c(=S)[nH]c2c1. The predicted octanol–water partition coefficient (Wildman–Crippen LogP) is 1.38. The topological polar surface area (TPSA) is 82.8 Å². The zero-order valence-corrected chi connectivity index (χ0v) is 10.6. The molecule has 1 heterocycles. The summed E-state index contributed by atoms with van der Waals surface area (Å²) in [6.07, 6.45) is 0. The number of hydrogen-bond donors (Lipinski definition) is 2. The van der Waals surface area contributed by atoms with Gasteiger partial charge in [-0.25, -0.2) is 8.42 Å². The zero-order chi connectivity index (χ0) is 12.6. The number of nitrogens with one attached hydrogen (secondary N) is 2. The molecule has 0 unspecified atom stereocenters. The van der Waals surface area contributed by atoms with Gasteiger partial charge < -0.3 is 4.98 Å². The maximum atomic E-state index is 11.7. The largest absolute Gasteiger partial charge is 0.332 e. The summed E-state index contributed by atoms with van der Waals surface area (Å²) in [5.74, 6) is 0.0163. The fourth-order valence-electron chi connectivity index (χ4n) is 1.51. The second kappa shape index (κ2) is 4.08. The average molecular weight is 270 g/mol. The van der Waals surface area contributed by atoms with E-state index in [4.69, 9.17) is 12.2 Å². The van der Waals surface area contributed by atoms with Gasteiger partial charge in [-0.1, -0.05) is 6.92 Å². The molecule has 17 heavy (non-hydrogen) atoms. The minimum absolute atomic E-state index is 0.0163. The number of hydrogen-bond acceptors (Lipinski definition) is 4. The van der Waals surface area contributed by atoms with Gasteiger partial charge in [0.1, 0.15) is 0 Å². The fraction of sp³-hybridized carbons (Fsp3) is 0.200. The molecule has 1 aromatic carbocycles. The molecule has 0 aliphatic carbocycles. The lowest BCUT2D eigenvalue weighted by Gasteiger charge is -2.03. The van der Waals surface area contributed by atoms with E-state index >= 15 is 0 Å². The number of benzene rings is 1. The normalized spacial score (nSPS) is 11.8. The summed E-state index contributed by atoms with van der Waals surface area (Å²) < 4.78 is 23.6. The van der Waals surface area contributed by atoms with E-state index in [1.165, 1.54) is 18.2 Å². The van der Waals surface area contributed by atoms with Gasteiger partial charge in [0.15, 0.2) is 14.6 Å². The molecule has 0 saturated heterocycles. The van der Waals surface area contributed by atoms with Crippen LogP contribution >= 0.6 is 12.2 Å². The van der Waals surface area contributed by atoms with Gasteiger partial charge in [0.2, 0.25) is 0 Å². The Balaban J connectivity index is 2.84. The highest BCUT2D eigenvalue weighted by molar-refractivity contribution is 7.91. The molecule has 1 aromatic heterocycles. The lowest BCUT2D eigenvalue weighted by molar-refractivity contribution is 0.597. The maximum Gasteiger partial charge on any atom is 0.259 e. The molecular weight excluding hydrogens is 260 g/mol. The van der Waals surface area contributed by atoms with Crippen LogP contribution in [0.1, 0.15) is 6.92 Å². The van der Waals surface area contributed by atoms with E-state index in [1.54, 1.807) is 6.92 Å². The van der Waals surface area contributed by atoms with Gasteiger partial charge in [-0.3, -0.25) is 9.78 Å². The Morgan fingerprint density at radius 3 is 2.65 bits per heavy atom. The van der Waals surface area contributed by atoms with Crippen molar-refractivity contribution in [3.05, 3.63) is 33.3 Å². The molecular formula is C10H10N2O3S2. The molecule has 0 saturated carbocycles. The first kappa shape index (κ1) is 12.0. The number of H-pyrrole nitrogens is 2. The Labute approximate surface area is 102 Å². The first-order valence-electron chi connectivity index (χ1n) is 4.93. The summed E-state index contributed by atoms with van der Waals surface area (Å²) >= 11 is 4.83. The van der Waals surface area contributed by atoms with Gasteiger partial charge >= 0.3 is 0 Å². The first-order chi connectivity index (χ1) is 7.94. The lowest BCUT2D eigenvalue weighted by Crippen LogP contribution is -2.09. The van der Waals surface area contributed by atoms with Crippen LogP contribution in [0.25, 0.3) is 10.9 Å². The van der Waals surface area contributed by atoms with Crippen molar-refractivity contribution in [3.8, 4) is 0 Å².